The fraction of sp³-hybridized carbons (Fsp3) is 0.652. The molecule has 0 aromatic heterocycles. The quantitative estimate of drug-likeness (QED) is 0.851. The van der Waals surface area contributed by atoms with Crippen molar-refractivity contribution in [1.82, 2.24) is 15.1 Å². The molecule has 1 aromatic carbocycles. The lowest BCUT2D eigenvalue weighted by molar-refractivity contribution is -0.130. The minimum atomic E-state index is -0.156. The zero-order valence-electron chi connectivity index (χ0n) is 16.8. The highest BCUT2D eigenvalue weighted by atomic mass is 16.2. The van der Waals surface area contributed by atoms with Crippen molar-refractivity contribution < 1.29 is 9.59 Å². The number of hydrogen-bond donors (Lipinski definition) is 1. The Bertz CT molecular complexity index is 664. The smallest absolute Gasteiger partial charge is 0.225 e. The number of nitrogens with zero attached hydrogens (tertiary/aromatic N) is 2. The summed E-state index contributed by atoms with van der Waals surface area (Å²) in [6, 6.07) is 11.2. The van der Waals surface area contributed by atoms with Gasteiger partial charge in [0.15, 0.2) is 0 Å². The number of amides is 2. The zero-order chi connectivity index (χ0) is 19.3. The molecule has 2 aliphatic heterocycles. The Labute approximate surface area is 168 Å². The first-order chi connectivity index (χ1) is 13.7. The molecule has 5 heteroatoms. The lowest BCUT2D eigenvalue weighted by Crippen LogP contribution is -2.46. The minimum absolute atomic E-state index is 0.0909. The third-order valence-electron chi connectivity index (χ3n) is 6.73. The van der Waals surface area contributed by atoms with Gasteiger partial charge in [0.05, 0.1) is 5.92 Å². The van der Waals surface area contributed by atoms with E-state index in [1.165, 1.54) is 24.8 Å². The van der Waals surface area contributed by atoms with Crippen molar-refractivity contribution in [2.45, 2.75) is 70.0 Å². The number of piperidine rings is 1. The van der Waals surface area contributed by atoms with Gasteiger partial charge in [-0.2, -0.15) is 0 Å². The predicted octanol–water partition coefficient (Wildman–Crippen LogP) is 2.95. The second-order valence-electron chi connectivity index (χ2n) is 8.78. The molecule has 3 fully saturated rings. The maximum Gasteiger partial charge on any atom is 0.225 e. The lowest BCUT2D eigenvalue weighted by Gasteiger charge is -2.33. The predicted molar refractivity (Wildman–Crippen MR) is 110 cm³/mol. The Morgan fingerprint density at radius 1 is 1.00 bits per heavy atom. The average molecular weight is 384 g/mol. The molecule has 1 atom stereocenters. The van der Waals surface area contributed by atoms with E-state index in [-0.39, 0.29) is 23.8 Å². The highest BCUT2D eigenvalue weighted by Gasteiger charge is 2.38. The Morgan fingerprint density at radius 2 is 1.71 bits per heavy atom. The number of carbonyl (C=O) groups is 2. The lowest BCUT2D eigenvalue weighted by atomic mass is 9.94. The summed E-state index contributed by atoms with van der Waals surface area (Å²) in [5, 5.41) is 3.24. The summed E-state index contributed by atoms with van der Waals surface area (Å²) in [4.78, 5) is 29.7. The number of benzene rings is 1. The van der Waals surface area contributed by atoms with Crippen LogP contribution >= 0.6 is 0 Å². The van der Waals surface area contributed by atoms with Crippen molar-refractivity contribution in [3.05, 3.63) is 35.9 Å². The monoisotopic (exact) mass is 383 g/mol. The summed E-state index contributed by atoms with van der Waals surface area (Å²) in [5.41, 5.74) is 1.34. The molecule has 2 saturated heterocycles. The van der Waals surface area contributed by atoms with Gasteiger partial charge in [0.1, 0.15) is 0 Å². The molecule has 3 aliphatic rings. The maximum absolute atomic E-state index is 12.8. The van der Waals surface area contributed by atoms with Crippen molar-refractivity contribution >= 4 is 11.8 Å². The second kappa shape index (κ2) is 9.08. The van der Waals surface area contributed by atoms with Crippen LogP contribution in [0.5, 0.6) is 0 Å². The normalized spacial score (nSPS) is 25.2. The third-order valence-corrected chi connectivity index (χ3v) is 6.73. The Hall–Kier alpha value is -1.88. The van der Waals surface area contributed by atoms with Crippen LogP contribution in [0.3, 0.4) is 0 Å². The van der Waals surface area contributed by atoms with Crippen LogP contribution in [0.1, 0.15) is 56.9 Å². The SMILES string of the molecule is O=C(NC1CCN(Cc2ccccc2)CC1)C1CC(=O)N(C2CCCCC2)C1. The molecule has 152 valence electrons. The van der Waals surface area contributed by atoms with Gasteiger partial charge in [-0.25, -0.2) is 0 Å². The van der Waals surface area contributed by atoms with Crippen LogP contribution in [0.4, 0.5) is 0 Å². The van der Waals surface area contributed by atoms with Crippen LogP contribution in [-0.2, 0) is 16.1 Å². The molecule has 0 spiro atoms. The topological polar surface area (TPSA) is 52.7 Å². The highest BCUT2D eigenvalue weighted by Crippen LogP contribution is 2.29. The van der Waals surface area contributed by atoms with E-state index in [1.807, 2.05) is 4.90 Å². The molecule has 1 unspecified atom stereocenters. The average Bonchev–Trinajstić information content (AvgIpc) is 3.13. The molecular weight excluding hydrogens is 350 g/mol. The number of nitrogens with one attached hydrogen (secondary N) is 1. The van der Waals surface area contributed by atoms with Gasteiger partial charge in [0.2, 0.25) is 11.8 Å². The number of likely N-dealkylation sites (tertiary alicyclic amines) is 2. The second-order valence-corrected chi connectivity index (χ2v) is 8.78. The summed E-state index contributed by atoms with van der Waals surface area (Å²) in [5.74, 6) is 0.120. The molecule has 28 heavy (non-hydrogen) atoms. The van der Waals surface area contributed by atoms with Gasteiger partial charge in [-0.15, -0.1) is 0 Å². The molecule has 1 N–H and O–H groups in total. The van der Waals surface area contributed by atoms with E-state index in [1.54, 1.807) is 0 Å². The van der Waals surface area contributed by atoms with E-state index in [2.05, 4.69) is 40.5 Å². The molecule has 1 saturated carbocycles. The molecule has 1 aliphatic carbocycles. The maximum atomic E-state index is 12.8. The van der Waals surface area contributed by atoms with Crippen molar-refractivity contribution in [3.8, 4) is 0 Å². The van der Waals surface area contributed by atoms with Crippen LogP contribution in [0.25, 0.3) is 0 Å². The first kappa shape index (κ1) is 19.4. The number of hydrogen-bond acceptors (Lipinski definition) is 3. The molecule has 1 aromatic rings. The van der Waals surface area contributed by atoms with E-state index in [0.29, 0.717) is 19.0 Å². The van der Waals surface area contributed by atoms with Gasteiger partial charge >= 0.3 is 0 Å². The fourth-order valence-electron chi connectivity index (χ4n) is 5.05. The Morgan fingerprint density at radius 3 is 2.43 bits per heavy atom. The molecular formula is C23H33N3O2. The van der Waals surface area contributed by atoms with Crippen molar-refractivity contribution in [2.75, 3.05) is 19.6 Å². The first-order valence-corrected chi connectivity index (χ1v) is 11.0. The van der Waals surface area contributed by atoms with E-state index in [4.69, 9.17) is 0 Å². The van der Waals surface area contributed by atoms with Gasteiger partial charge in [-0.1, -0.05) is 49.6 Å². The minimum Gasteiger partial charge on any atom is -0.353 e. The standard InChI is InChI=1S/C23H33N3O2/c27-22-15-19(17-26(22)21-9-5-2-6-10-21)23(28)24-20-11-13-25(14-12-20)16-18-7-3-1-4-8-18/h1,3-4,7-8,19-21H,2,5-6,9-17H2,(H,24,28). The van der Waals surface area contributed by atoms with Crippen LogP contribution in [-0.4, -0.2) is 53.3 Å². The summed E-state index contributed by atoms with van der Waals surface area (Å²) >= 11 is 0. The summed E-state index contributed by atoms with van der Waals surface area (Å²) in [7, 11) is 0. The van der Waals surface area contributed by atoms with E-state index in [0.717, 1.165) is 45.3 Å². The highest BCUT2D eigenvalue weighted by molar-refractivity contribution is 5.89. The Balaban J connectivity index is 1.22. The largest absolute Gasteiger partial charge is 0.353 e. The van der Waals surface area contributed by atoms with Gasteiger partial charge in [-0.3, -0.25) is 14.5 Å². The molecule has 4 rings (SSSR count). The van der Waals surface area contributed by atoms with Gasteiger partial charge < -0.3 is 10.2 Å². The van der Waals surface area contributed by atoms with Crippen LogP contribution in [0.2, 0.25) is 0 Å². The number of rotatable bonds is 5. The Kier molecular flexibility index (Phi) is 6.30. The van der Waals surface area contributed by atoms with Gasteiger partial charge in [0.25, 0.3) is 0 Å². The van der Waals surface area contributed by atoms with Crippen molar-refractivity contribution in [1.29, 1.82) is 0 Å². The molecule has 2 amide bonds. The van der Waals surface area contributed by atoms with Crippen LogP contribution in [0.15, 0.2) is 30.3 Å². The summed E-state index contributed by atoms with van der Waals surface area (Å²) in [6.45, 7) is 3.63. The van der Waals surface area contributed by atoms with E-state index < -0.39 is 0 Å². The van der Waals surface area contributed by atoms with E-state index >= 15 is 0 Å². The summed E-state index contributed by atoms with van der Waals surface area (Å²) in [6.07, 6.45) is 8.32. The van der Waals surface area contributed by atoms with Gasteiger partial charge in [-0.05, 0) is 31.2 Å². The molecule has 5 nitrogen and oxygen atoms in total. The molecule has 0 bridgehead atoms. The third kappa shape index (κ3) is 4.75. The number of carbonyl (C=O) groups excluding carboxylic acids is 2. The summed E-state index contributed by atoms with van der Waals surface area (Å²) < 4.78 is 0. The van der Waals surface area contributed by atoms with Crippen molar-refractivity contribution in [3.63, 3.8) is 0 Å². The van der Waals surface area contributed by atoms with Crippen LogP contribution in [0, 0.1) is 5.92 Å². The van der Waals surface area contributed by atoms with Crippen molar-refractivity contribution in [2.24, 2.45) is 5.92 Å². The van der Waals surface area contributed by atoms with E-state index in [9.17, 15) is 9.59 Å². The molecule has 2 heterocycles. The first-order valence-electron chi connectivity index (χ1n) is 11.0. The van der Waals surface area contributed by atoms with Crippen LogP contribution < -0.4 is 5.32 Å². The fourth-order valence-corrected chi connectivity index (χ4v) is 5.05. The zero-order valence-corrected chi connectivity index (χ0v) is 16.8. The molecule has 0 radical (unpaired) electrons. The van der Waals surface area contributed by atoms with Gasteiger partial charge in [0, 0.05) is 44.7 Å².